The van der Waals surface area contributed by atoms with Gasteiger partial charge in [-0.05, 0) is 18.9 Å². The number of amides is 2. The van der Waals surface area contributed by atoms with E-state index in [2.05, 4.69) is 20.8 Å². The first kappa shape index (κ1) is 12.3. The molecular weight excluding hydrogens is 236 g/mol. The Morgan fingerprint density at radius 1 is 1.28 bits per heavy atom. The zero-order valence-corrected chi connectivity index (χ0v) is 9.73. The molecule has 0 spiro atoms. The van der Waals surface area contributed by atoms with Gasteiger partial charge in [0, 0.05) is 25.1 Å². The van der Waals surface area contributed by atoms with E-state index in [4.69, 9.17) is 0 Å². The second kappa shape index (κ2) is 5.44. The van der Waals surface area contributed by atoms with Crippen LogP contribution in [-0.2, 0) is 4.79 Å². The van der Waals surface area contributed by atoms with Crippen LogP contribution in [0.5, 0.6) is 0 Å². The summed E-state index contributed by atoms with van der Waals surface area (Å²) in [6.07, 6.45) is 1.92. The Morgan fingerprint density at radius 3 is 2.61 bits per heavy atom. The van der Waals surface area contributed by atoms with Gasteiger partial charge in [0.15, 0.2) is 0 Å². The van der Waals surface area contributed by atoms with Crippen molar-refractivity contribution in [3.8, 4) is 0 Å². The van der Waals surface area contributed by atoms with Crippen LogP contribution in [0.15, 0.2) is 16.9 Å². The van der Waals surface area contributed by atoms with Crippen LogP contribution in [0.3, 0.4) is 0 Å². The first-order chi connectivity index (χ1) is 8.66. The SMILES string of the molecule is O=C(NCCNC(=O)C1CC1)c1ccc(=O)[nH]n1. The van der Waals surface area contributed by atoms with Crippen LogP contribution in [0.1, 0.15) is 23.3 Å². The number of nitrogens with one attached hydrogen (secondary N) is 3. The molecule has 1 saturated carbocycles. The largest absolute Gasteiger partial charge is 0.354 e. The van der Waals surface area contributed by atoms with E-state index in [9.17, 15) is 14.4 Å². The molecule has 0 aromatic carbocycles. The molecule has 7 heteroatoms. The zero-order valence-electron chi connectivity index (χ0n) is 9.73. The Kier molecular flexibility index (Phi) is 3.71. The Labute approximate surface area is 103 Å². The molecule has 0 bridgehead atoms. The van der Waals surface area contributed by atoms with E-state index >= 15 is 0 Å². The summed E-state index contributed by atoms with van der Waals surface area (Å²) in [6.45, 7) is 0.725. The van der Waals surface area contributed by atoms with Crippen molar-refractivity contribution in [1.29, 1.82) is 0 Å². The lowest BCUT2D eigenvalue weighted by Gasteiger charge is -2.05. The third kappa shape index (κ3) is 3.41. The lowest BCUT2D eigenvalue weighted by atomic mass is 10.3. The molecule has 0 saturated heterocycles. The monoisotopic (exact) mass is 250 g/mol. The van der Waals surface area contributed by atoms with Gasteiger partial charge < -0.3 is 10.6 Å². The Balaban J connectivity index is 1.69. The Morgan fingerprint density at radius 2 is 2.00 bits per heavy atom. The highest BCUT2D eigenvalue weighted by atomic mass is 16.2. The van der Waals surface area contributed by atoms with Crippen molar-refractivity contribution in [3.05, 3.63) is 28.2 Å². The Bertz CT molecular complexity index is 487. The van der Waals surface area contributed by atoms with E-state index in [0.29, 0.717) is 13.1 Å². The van der Waals surface area contributed by atoms with E-state index in [1.165, 1.54) is 12.1 Å². The fourth-order valence-corrected chi connectivity index (χ4v) is 1.41. The van der Waals surface area contributed by atoms with Crippen LogP contribution in [-0.4, -0.2) is 35.1 Å². The van der Waals surface area contributed by atoms with E-state index in [1.807, 2.05) is 0 Å². The molecule has 0 radical (unpaired) electrons. The van der Waals surface area contributed by atoms with E-state index in [0.717, 1.165) is 12.8 Å². The lowest BCUT2D eigenvalue weighted by molar-refractivity contribution is -0.122. The van der Waals surface area contributed by atoms with Gasteiger partial charge in [0.25, 0.3) is 11.5 Å². The first-order valence-electron chi connectivity index (χ1n) is 5.78. The van der Waals surface area contributed by atoms with Crippen molar-refractivity contribution in [3.63, 3.8) is 0 Å². The number of carbonyl (C=O) groups excluding carboxylic acids is 2. The minimum Gasteiger partial charge on any atom is -0.354 e. The van der Waals surface area contributed by atoms with Crippen LogP contribution in [0.2, 0.25) is 0 Å². The van der Waals surface area contributed by atoms with Crippen LogP contribution < -0.4 is 16.2 Å². The molecule has 0 atom stereocenters. The number of nitrogens with zero attached hydrogens (tertiary/aromatic N) is 1. The van der Waals surface area contributed by atoms with E-state index in [-0.39, 0.29) is 29.0 Å². The minimum atomic E-state index is -0.382. The van der Waals surface area contributed by atoms with E-state index < -0.39 is 0 Å². The van der Waals surface area contributed by atoms with Gasteiger partial charge >= 0.3 is 0 Å². The number of hydrogen-bond donors (Lipinski definition) is 3. The minimum absolute atomic E-state index is 0.0476. The predicted octanol–water partition coefficient (Wildman–Crippen LogP) is -0.974. The number of aromatic nitrogens is 2. The van der Waals surface area contributed by atoms with Crippen molar-refractivity contribution >= 4 is 11.8 Å². The maximum absolute atomic E-state index is 11.5. The lowest BCUT2D eigenvalue weighted by Crippen LogP contribution is -2.35. The van der Waals surface area contributed by atoms with Gasteiger partial charge in [0.05, 0.1) is 0 Å². The molecule has 2 amide bonds. The number of H-pyrrole nitrogens is 1. The molecule has 1 aromatic heterocycles. The summed E-state index contributed by atoms with van der Waals surface area (Å²) in [5, 5.41) is 11.1. The van der Waals surface area contributed by atoms with Gasteiger partial charge in [-0.2, -0.15) is 5.10 Å². The van der Waals surface area contributed by atoms with Gasteiger partial charge in [-0.15, -0.1) is 0 Å². The highest BCUT2D eigenvalue weighted by Crippen LogP contribution is 2.28. The third-order valence-electron chi connectivity index (χ3n) is 2.57. The highest BCUT2D eigenvalue weighted by Gasteiger charge is 2.28. The van der Waals surface area contributed by atoms with Crippen molar-refractivity contribution in [2.45, 2.75) is 12.8 Å². The second-order valence-electron chi connectivity index (χ2n) is 4.13. The molecule has 0 aliphatic heterocycles. The second-order valence-corrected chi connectivity index (χ2v) is 4.13. The first-order valence-corrected chi connectivity index (χ1v) is 5.78. The Hall–Kier alpha value is -2.18. The van der Waals surface area contributed by atoms with Gasteiger partial charge in [0.1, 0.15) is 5.69 Å². The molecule has 7 nitrogen and oxygen atoms in total. The highest BCUT2D eigenvalue weighted by molar-refractivity contribution is 5.92. The zero-order chi connectivity index (χ0) is 13.0. The van der Waals surface area contributed by atoms with Crippen LogP contribution in [0.25, 0.3) is 0 Å². The fraction of sp³-hybridized carbons (Fsp3) is 0.455. The average molecular weight is 250 g/mol. The molecule has 1 heterocycles. The molecule has 1 aromatic rings. The molecule has 96 valence electrons. The number of rotatable bonds is 5. The van der Waals surface area contributed by atoms with Crippen molar-refractivity contribution < 1.29 is 9.59 Å². The normalized spacial score (nSPS) is 14.0. The fourth-order valence-electron chi connectivity index (χ4n) is 1.41. The summed E-state index contributed by atoms with van der Waals surface area (Å²) < 4.78 is 0. The standard InChI is InChI=1S/C11H14N4O3/c16-9-4-3-8(14-15-9)11(18)13-6-5-12-10(17)7-1-2-7/h3-4,7H,1-2,5-6H2,(H,12,17)(H,13,18)(H,15,16). The van der Waals surface area contributed by atoms with Gasteiger partial charge in [-0.25, -0.2) is 5.10 Å². The summed E-state index contributed by atoms with van der Waals surface area (Å²) in [5.41, 5.74) is -0.216. The molecule has 0 unspecified atom stereocenters. The van der Waals surface area contributed by atoms with Gasteiger partial charge in [-0.1, -0.05) is 0 Å². The topological polar surface area (TPSA) is 104 Å². The molecule has 1 fully saturated rings. The van der Waals surface area contributed by atoms with Crippen LogP contribution >= 0.6 is 0 Å². The molecule has 2 rings (SSSR count). The average Bonchev–Trinajstić information content (AvgIpc) is 3.19. The van der Waals surface area contributed by atoms with Gasteiger partial charge in [-0.3, -0.25) is 14.4 Å². The maximum atomic E-state index is 11.5. The summed E-state index contributed by atoms with van der Waals surface area (Å²) in [7, 11) is 0. The summed E-state index contributed by atoms with van der Waals surface area (Å²) >= 11 is 0. The van der Waals surface area contributed by atoms with Crippen molar-refractivity contribution in [2.75, 3.05) is 13.1 Å². The summed E-state index contributed by atoms with van der Waals surface area (Å²) in [5.74, 6) is -0.167. The molecule has 1 aliphatic carbocycles. The predicted molar refractivity (Wildman–Crippen MR) is 62.9 cm³/mol. The van der Waals surface area contributed by atoms with E-state index in [1.54, 1.807) is 0 Å². The third-order valence-corrected chi connectivity index (χ3v) is 2.57. The smallest absolute Gasteiger partial charge is 0.271 e. The number of hydrogen-bond acceptors (Lipinski definition) is 4. The van der Waals surface area contributed by atoms with Crippen LogP contribution in [0.4, 0.5) is 0 Å². The number of carbonyl (C=O) groups is 2. The van der Waals surface area contributed by atoms with Crippen LogP contribution in [0, 0.1) is 5.92 Å². The quantitative estimate of drug-likeness (QED) is 0.584. The number of aromatic amines is 1. The van der Waals surface area contributed by atoms with Crippen molar-refractivity contribution in [1.82, 2.24) is 20.8 Å². The molecular formula is C11H14N4O3. The molecule has 18 heavy (non-hydrogen) atoms. The molecule has 1 aliphatic rings. The molecule has 3 N–H and O–H groups in total. The summed E-state index contributed by atoms with van der Waals surface area (Å²) in [4.78, 5) is 33.6. The van der Waals surface area contributed by atoms with Gasteiger partial charge in [0.2, 0.25) is 5.91 Å². The van der Waals surface area contributed by atoms with Crippen molar-refractivity contribution in [2.24, 2.45) is 5.92 Å². The summed E-state index contributed by atoms with van der Waals surface area (Å²) in [6, 6.07) is 2.58. The maximum Gasteiger partial charge on any atom is 0.271 e.